The van der Waals surface area contributed by atoms with Gasteiger partial charge in [-0.25, -0.2) is 5.84 Å². The van der Waals surface area contributed by atoms with Gasteiger partial charge in [0.05, 0.1) is 10.7 Å². The van der Waals surface area contributed by atoms with Crippen LogP contribution in [-0.2, 0) is 4.79 Å². The number of hydrogen-bond acceptors (Lipinski definition) is 8. The van der Waals surface area contributed by atoms with Gasteiger partial charge in [-0.05, 0) is 6.07 Å². The van der Waals surface area contributed by atoms with Crippen LogP contribution in [0.5, 0.6) is 0 Å². The van der Waals surface area contributed by atoms with Gasteiger partial charge in [0, 0.05) is 17.7 Å². The molecule has 104 valence electrons. The summed E-state index contributed by atoms with van der Waals surface area (Å²) in [6, 6.07) is 5.82. The van der Waals surface area contributed by atoms with Gasteiger partial charge in [-0.15, -0.1) is 10.2 Å². The number of carbonyl (C=O) groups excluding carboxylic acids is 1. The van der Waals surface area contributed by atoms with Gasteiger partial charge in [-0.2, -0.15) is 0 Å². The molecule has 0 radical (unpaired) electrons. The number of amides is 1. The monoisotopic (exact) mass is 295 g/mol. The topological polar surface area (TPSA) is 137 Å². The second-order valence-corrected chi connectivity index (χ2v) is 4.46. The highest BCUT2D eigenvalue weighted by molar-refractivity contribution is 7.99. The first kappa shape index (κ1) is 14.0. The number of thioether (sulfide) groups is 1. The van der Waals surface area contributed by atoms with E-state index in [1.807, 2.05) is 5.43 Å². The van der Waals surface area contributed by atoms with Crippen molar-refractivity contribution in [2.24, 2.45) is 5.84 Å². The van der Waals surface area contributed by atoms with Crippen LogP contribution in [0.1, 0.15) is 0 Å². The normalized spacial score (nSPS) is 10.2. The van der Waals surface area contributed by atoms with Crippen LogP contribution in [0.3, 0.4) is 0 Å². The van der Waals surface area contributed by atoms with Gasteiger partial charge < -0.3 is 4.42 Å². The first-order valence-electron chi connectivity index (χ1n) is 5.30. The highest BCUT2D eigenvalue weighted by atomic mass is 32.2. The molecule has 1 aromatic carbocycles. The standard InChI is InChI=1S/C10H9N5O4S/c11-12-8(16)5-20-10-14-13-9(19-10)6-2-1-3-7(4-6)15(17)18/h1-4H,5,11H2,(H,12,16). The first-order valence-corrected chi connectivity index (χ1v) is 6.29. The molecule has 0 saturated heterocycles. The van der Waals surface area contributed by atoms with E-state index in [-0.39, 0.29) is 28.5 Å². The zero-order chi connectivity index (χ0) is 14.5. The van der Waals surface area contributed by atoms with Crippen molar-refractivity contribution < 1.29 is 14.1 Å². The molecule has 10 heteroatoms. The Morgan fingerprint density at radius 1 is 1.50 bits per heavy atom. The lowest BCUT2D eigenvalue weighted by Gasteiger charge is -1.96. The Labute approximate surface area is 116 Å². The zero-order valence-electron chi connectivity index (χ0n) is 9.98. The number of nitrogens with one attached hydrogen (secondary N) is 1. The molecule has 20 heavy (non-hydrogen) atoms. The summed E-state index contributed by atoms with van der Waals surface area (Å²) < 4.78 is 5.30. The fraction of sp³-hybridized carbons (Fsp3) is 0.100. The lowest BCUT2D eigenvalue weighted by atomic mass is 10.2. The van der Waals surface area contributed by atoms with E-state index in [0.29, 0.717) is 5.56 Å². The Balaban J connectivity index is 2.14. The molecule has 2 aromatic rings. The number of nitrogens with two attached hydrogens (primary N) is 1. The zero-order valence-corrected chi connectivity index (χ0v) is 10.8. The Morgan fingerprint density at radius 2 is 2.30 bits per heavy atom. The van der Waals surface area contributed by atoms with Crippen molar-refractivity contribution in [3.63, 3.8) is 0 Å². The molecule has 0 saturated carbocycles. The van der Waals surface area contributed by atoms with Crippen LogP contribution >= 0.6 is 11.8 Å². The summed E-state index contributed by atoms with van der Waals surface area (Å²) in [6.07, 6.45) is 0. The quantitative estimate of drug-likeness (QED) is 0.271. The molecule has 2 rings (SSSR count). The van der Waals surface area contributed by atoms with E-state index in [4.69, 9.17) is 10.3 Å². The molecule has 0 bridgehead atoms. The van der Waals surface area contributed by atoms with Crippen LogP contribution in [-0.4, -0.2) is 26.8 Å². The lowest BCUT2D eigenvalue weighted by molar-refractivity contribution is -0.384. The predicted octanol–water partition coefficient (Wildman–Crippen LogP) is 0.727. The summed E-state index contributed by atoms with van der Waals surface area (Å²) >= 11 is 1.01. The molecule has 9 nitrogen and oxygen atoms in total. The number of hydrogen-bond donors (Lipinski definition) is 2. The summed E-state index contributed by atoms with van der Waals surface area (Å²) in [5.74, 6) is 4.73. The van der Waals surface area contributed by atoms with Gasteiger partial charge in [0.1, 0.15) is 0 Å². The summed E-state index contributed by atoms with van der Waals surface area (Å²) in [4.78, 5) is 21.1. The van der Waals surface area contributed by atoms with Crippen LogP contribution < -0.4 is 11.3 Å². The molecule has 3 N–H and O–H groups in total. The molecule has 0 aliphatic heterocycles. The van der Waals surface area contributed by atoms with Crippen molar-refractivity contribution in [3.8, 4) is 11.5 Å². The van der Waals surface area contributed by atoms with E-state index < -0.39 is 4.92 Å². The lowest BCUT2D eigenvalue weighted by Crippen LogP contribution is -2.31. The number of rotatable bonds is 5. The Kier molecular flexibility index (Phi) is 4.27. The second kappa shape index (κ2) is 6.12. The van der Waals surface area contributed by atoms with Gasteiger partial charge in [0.2, 0.25) is 11.8 Å². The number of aromatic nitrogens is 2. The first-order chi connectivity index (χ1) is 9.60. The molecular formula is C10H9N5O4S. The molecule has 0 fully saturated rings. The number of carbonyl (C=O) groups is 1. The van der Waals surface area contributed by atoms with Crippen molar-refractivity contribution in [1.82, 2.24) is 15.6 Å². The SMILES string of the molecule is NNC(=O)CSc1nnc(-c2cccc([N+](=O)[O-])c2)o1. The van der Waals surface area contributed by atoms with E-state index in [1.54, 1.807) is 6.07 Å². The van der Waals surface area contributed by atoms with E-state index in [9.17, 15) is 14.9 Å². The Morgan fingerprint density at radius 3 is 3.00 bits per heavy atom. The fourth-order valence-corrected chi connectivity index (χ4v) is 1.88. The van der Waals surface area contributed by atoms with Gasteiger partial charge >= 0.3 is 0 Å². The highest BCUT2D eigenvalue weighted by Gasteiger charge is 2.13. The van der Waals surface area contributed by atoms with Crippen molar-refractivity contribution in [2.45, 2.75) is 5.22 Å². The Hall–Kier alpha value is -2.46. The third kappa shape index (κ3) is 3.30. The average molecular weight is 295 g/mol. The minimum atomic E-state index is -0.513. The van der Waals surface area contributed by atoms with Crippen LogP contribution in [0.2, 0.25) is 0 Å². The van der Waals surface area contributed by atoms with Crippen LogP contribution in [0.15, 0.2) is 33.9 Å². The van der Waals surface area contributed by atoms with Crippen LogP contribution in [0.25, 0.3) is 11.5 Å². The van der Waals surface area contributed by atoms with E-state index >= 15 is 0 Å². The summed E-state index contributed by atoms with van der Waals surface area (Å²) in [7, 11) is 0. The van der Waals surface area contributed by atoms with Crippen molar-refractivity contribution in [2.75, 3.05) is 5.75 Å². The van der Waals surface area contributed by atoms with Crippen molar-refractivity contribution >= 4 is 23.4 Å². The third-order valence-electron chi connectivity index (χ3n) is 2.20. The predicted molar refractivity (Wildman–Crippen MR) is 69.4 cm³/mol. The Bertz CT molecular complexity index is 644. The smallest absolute Gasteiger partial charge is 0.277 e. The van der Waals surface area contributed by atoms with Crippen LogP contribution in [0.4, 0.5) is 5.69 Å². The maximum absolute atomic E-state index is 11.0. The summed E-state index contributed by atoms with van der Waals surface area (Å²) in [6.45, 7) is 0. The van der Waals surface area contributed by atoms with Crippen molar-refractivity contribution in [3.05, 3.63) is 34.4 Å². The molecule has 0 aliphatic carbocycles. The third-order valence-corrected chi connectivity index (χ3v) is 3.02. The molecule has 0 unspecified atom stereocenters. The second-order valence-electron chi connectivity index (χ2n) is 3.54. The number of non-ortho nitro benzene ring substituents is 1. The molecule has 0 spiro atoms. The number of nitro groups is 1. The summed E-state index contributed by atoms with van der Waals surface area (Å²) in [5, 5.41) is 18.4. The van der Waals surface area contributed by atoms with Gasteiger partial charge in [0.25, 0.3) is 10.9 Å². The van der Waals surface area contributed by atoms with Gasteiger partial charge in [0.15, 0.2) is 0 Å². The molecule has 0 atom stereocenters. The fourth-order valence-electron chi connectivity index (χ4n) is 1.31. The molecular weight excluding hydrogens is 286 g/mol. The van der Waals surface area contributed by atoms with Crippen LogP contribution in [0, 0.1) is 10.1 Å². The largest absolute Gasteiger partial charge is 0.411 e. The maximum Gasteiger partial charge on any atom is 0.277 e. The minimum Gasteiger partial charge on any atom is -0.411 e. The van der Waals surface area contributed by atoms with E-state index in [2.05, 4.69) is 10.2 Å². The maximum atomic E-state index is 11.0. The number of hydrazine groups is 1. The van der Waals surface area contributed by atoms with Gasteiger partial charge in [-0.3, -0.25) is 20.3 Å². The average Bonchev–Trinajstić information content (AvgIpc) is 2.93. The molecule has 1 amide bonds. The minimum absolute atomic E-state index is 0.0348. The molecule has 1 aromatic heterocycles. The van der Waals surface area contributed by atoms with E-state index in [0.717, 1.165) is 11.8 Å². The van der Waals surface area contributed by atoms with Crippen molar-refractivity contribution in [1.29, 1.82) is 0 Å². The number of benzene rings is 1. The number of nitro benzene ring substituents is 1. The highest BCUT2D eigenvalue weighted by Crippen LogP contribution is 2.25. The van der Waals surface area contributed by atoms with Gasteiger partial charge in [-0.1, -0.05) is 17.8 Å². The molecule has 0 aliphatic rings. The van der Waals surface area contributed by atoms with E-state index in [1.165, 1.54) is 18.2 Å². The summed E-state index contributed by atoms with van der Waals surface area (Å²) in [5.41, 5.74) is 2.33. The number of nitrogens with zero attached hydrogens (tertiary/aromatic N) is 3. The molecule has 1 heterocycles.